The Morgan fingerprint density at radius 2 is 1.64 bits per heavy atom. The lowest BCUT2D eigenvalue weighted by Gasteiger charge is -2.11. The van der Waals surface area contributed by atoms with E-state index in [0.717, 1.165) is 22.7 Å². The number of carbonyl (C=O) groups excluding carboxylic acids is 1. The van der Waals surface area contributed by atoms with E-state index < -0.39 is 0 Å². The predicted molar refractivity (Wildman–Crippen MR) is 111 cm³/mol. The van der Waals surface area contributed by atoms with Crippen LogP contribution in [0.1, 0.15) is 26.3 Å². The highest BCUT2D eigenvalue weighted by Crippen LogP contribution is 2.16. The van der Waals surface area contributed by atoms with E-state index in [1.165, 1.54) is 0 Å². The minimum atomic E-state index is -0.0928. The van der Waals surface area contributed by atoms with Crippen LogP contribution in [0.15, 0.2) is 48.5 Å². The minimum absolute atomic E-state index is 0.0928. The fourth-order valence-corrected chi connectivity index (χ4v) is 2.48. The average molecular weight is 386 g/mol. The van der Waals surface area contributed by atoms with Gasteiger partial charge >= 0.3 is 0 Å². The molecule has 1 amide bonds. The van der Waals surface area contributed by atoms with E-state index in [9.17, 15) is 4.79 Å². The number of hydrogen-bond donors (Lipinski definition) is 2. The molecule has 2 aromatic rings. The van der Waals surface area contributed by atoms with E-state index in [1.54, 1.807) is 0 Å². The Balaban J connectivity index is 1.68. The second kappa shape index (κ2) is 12.0. The lowest BCUT2D eigenvalue weighted by Crippen LogP contribution is -2.27. The first-order valence-corrected chi connectivity index (χ1v) is 9.63. The SMILES string of the molecule is CCOCCOc1ccc(NC(=O)CNCc2ccc(OC(C)C)cc2)cc1. The molecular weight excluding hydrogens is 356 g/mol. The van der Waals surface area contributed by atoms with Gasteiger partial charge in [0.2, 0.25) is 5.91 Å². The van der Waals surface area contributed by atoms with Crippen molar-refractivity contribution in [2.75, 3.05) is 31.7 Å². The molecule has 0 atom stereocenters. The third-order valence-electron chi connectivity index (χ3n) is 3.75. The smallest absolute Gasteiger partial charge is 0.238 e. The van der Waals surface area contributed by atoms with Crippen LogP contribution < -0.4 is 20.1 Å². The molecular formula is C22H30N2O4. The van der Waals surface area contributed by atoms with Crippen LogP contribution in [0.4, 0.5) is 5.69 Å². The van der Waals surface area contributed by atoms with Crippen molar-refractivity contribution in [1.29, 1.82) is 0 Å². The van der Waals surface area contributed by atoms with Gasteiger partial charge in [-0.1, -0.05) is 12.1 Å². The molecule has 28 heavy (non-hydrogen) atoms. The first-order chi connectivity index (χ1) is 13.6. The van der Waals surface area contributed by atoms with E-state index in [4.69, 9.17) is 14.2 Å². The molecule has 0 spiro atoms. The number of carbonyl (C=O) groups is 1. The predicted octanol–water partition coefficient (Wildman–Crippen LogP) is 3.62. The van der Waals surface area contributed by atoms with Gasteiger partial charge in [0.05, 0.1) is 19.3 Å². The first kappa shape index (κ1) is 21.7. The summed E-state index contributed by atoms with van der Waals surface area (Å²) in [6.07, 6.45) is 0.156. The van der Waals surface area contributed by atoms with Gasteiger partial charge in [0.25, 0.3) is 0 Å². The van der Waals surface area contributed by atoms with Crippen molar-refractivity contribution in [1.82, 2.24) is 5.32 Å². The van der Waals surface area contributed by atoms with E-state index in [1.807, 2.05) is 69.3 Å². The number of ether oxygens (including phenoxy) is 3. The fourth-order valence-electron chi connectivity index (χ4n) is 2.48. The summed E-state index contributed by atoms with van der Waals surface area (Å²) in [4.78, 5) is 12.1. The van der Waals surface area contributed by atoms with Crippen LogP contribution in [-0.2, 0) is 16.1 Å². The van der Waals surface area contributed by atoms with Crippen LogP contribution in [0, 0.1) is 0 Å². The van der Waals surface area contributed by atoms with Gasteiger partial charge in [-0.05, 0) is 62.7 Å². The molecule has 2 rings (SSSR count). The van der Waals surface area contributed by atoms with Crippen molar-refractivity contribution >= 4 is 11.6 Å². The summed E-state index contributed by atoms with van der Waals surface area (Å²) in [5, 5.41) is 6.00. The molecule has 0 aliphatic heterocycles. The Labute approximate surface area is 167 Å². The standard InChI is InChI=1S/C22H30N2O4/c1-4-26-13-14-27-20-11-7-19(8-12-20)24-22(25)16-23-15-18-5-9-21(10-6-18)28-17(2)3/h5-12,17,23H,4,13-16H2,1-3H3,(H,24,25). The van der Waals surface area contributed by atoms with Crippen molar-refractivity contribution in [3.8, 4) is 11.5 Å². The first-order valence-electron chi connectivity index (χ1n) is 9.63. The third kappa shape index (κ3) is 8.41. The van der Waals surface area contributed by atoms with Gasteiger partial charge in [-0.25, -0.2) is 0 Å². The molecule has 0 saturated heterocycles. The summed E-state index contributed by atoms with van der Waals surface area (Å²) in [7, 11) is 0. The van der Waals surface area contributed by atoms with Crippen LogP contribution in [0.25, 0.3) is 0 Å². The van der Waals surface area contributed by atoms with Crippen molar-refractivity contribution in [3.05, 3.63) is 54.1 Å². The topological polar surface area (TPSA) is 68.8 Å². The summed E-state index contributed by atoms with van der Waals surface area (Å²) in [5.74, 6) is 1.51. The Kier molecular flexibility index (Phi) is 9.31. The zero-order valence-corrected chi connectivity index (χ0v) is 16.9. The van der Waals surface area contributed by atoms with Crippen LogP contribution in [0.3, 0.4) is 0 Å². The molecule has 0 radical (unpaired) electrons. The quantitative estimate of drug-likeness (QED) is 0.545. The van der Waals surface area contributed by atoms with Gasteiger partial charge in [-0.15, -0.1) is 0 Å². The van der Waals surface area contributed by atoms with Gasteiger partial charge in [-0.2, -0.15) is 0 Å². The maximum absolute atomic E-state index is 12.1. The Morgan fingerprint density at radius 3 is 2.29 bits per heavy atom. The number of amides is 1. The maximum atomic E-state index is 12.1. The molecule has 0 heterocycles. The second-order valence-electron chi connectivity index (χ2n) is 6.53. The summed E-state index contributed by atoms with van der Waals surface area (Å²) >= 11 is 0. The van der Waals surface area contributed by atoms with Crippen molar-refractivity contribution < 1.29 is 19.0 Å². The molecule has 0 aliphatic carbocycles. The molecule has 0 unspecified atom stereocenters. The molecule has 0 saturated carbocycles. The Morgan fingerprint density at radius 1 is 0.964 bits per heavy atom. The molecule has 0 bridgehead atoms. The summed E-state index contributed by atoms with van der Waals surface area (Å²) in [5.41, 5.74) is 1.83. The van der Waals surface area contributed by atoms with Crippen molar-refractivity contribution in [2.24, 2.45) is 0 Å². The zero-order chi connectivity index (χ0) is 20.2. The van der Waals surface area contributed by atoms with Gasteiger partial charge in [0.15, 0.2) is 0 Å². The highest BCUT2D eigenvalue weighted by molar-refractivity contribution is 5.92. The Hall–Kier alpha value is -2.57. The highest BCUT2D eigenvalue weighted by Gasteiger charge is 2.03. The average Bonchev–Trinajstić information content (AvgIpc) is 2.67. The number of anilines is 1. The number of hydrogen-bond acceptors (Lipinski definition) is 5. The molecule has 152 valence electrons. The van der Waals surface area contributed by atoms with Crippen LogP contribution >= 0.6 is 0 Å². The summed E-state index contributed by atoms with van der Waals surface area (Å²) in [6.45, 7) is 8.54. The van der Waals surface area contributed by atoms with E-state index in [2.05, 4.69) is 10.6 Å². The van der Waals surface area contributed by atoms with Gasteiger partial charge < -0.3 is 24.8 Å². The summed E-state index contributed by atoms with van der Waals surface area (Å²) < 4.78 is 16.4. The van der Waals surface area contributed by atoms with Crippen molar-refractivity contribution in [2.45, 2.75) is 33.4 Å². The number of rotatable bonds is 12. The number of nitrogens with one attached hydrogen (secondary N) is 2. The number of benzene rings is 2. The molecule has 6 heteroatoms. The monoisotopic (exact) mass is 386 g/mol. The maximum Gasteiger partial charge on any atom is 0.238 e. The second-order valence-corrected chi connectivity index (χ2v) is 6.53. The van der Waals surface area contributed by atoms with Crippen LogP contribution in [0.2, 0.25) is 0 Å². The Bertz CT molecular complexity index is 699. The summed E-state index contributed by atoms with van der Waals surface area (Å²) in [6, 6.07) is 15.2. The van der Waals surface area contributed by atoms with E-state index >= 15 is 0 Å². The zero-order valence-electron chi connectivity index (χ0n) is 16.9. The van der Waals surface area contributed by atoms with Crippen LogP contribution in [0.5, 0.6) is 11.5 Å². The van der Waals surface area contributed by atoms with Crippen molar-refractivity contribution in [3.63, 3.8) is 0 Å². The normalized spacial score (nSPS) is 10.7. The third-order valence-corrected chi connectivity index (χ3v) is 3.75. The molecule has 2 N–H and O–H groups in total. The fraction of sp³-hybridized carbons (Fsp3) is 0.409. The lowest BCUT2D eigenvalue weighted by molar-refractivity contribution is -0.115. The molecule has 2 aromatic carbocycles. The van der Waals surface area contributed by atoms with Gasteiger partial charge in [0, 0.05) is 18.8 Å². The van der Waals surface area contributed by atoms with Crippen LogP contribution in [-0.4, -0.2) is 38.4 Å². The molecule has 0 fully saturated rings. The highest BCUT2D eigenvalue weighted by atomic mass is 16.5. The molecule has 0 aromatic heterocycles. The minimum Gasteiger partial charge on any atom is -0.491 e. The lowest BCUT2D eigenvalue weighted by atomic mass is 10.2. The largest absolute Gasteiger partial charge is 0.491 e. The van der Waals surface area contributed by atoms with E-state index in [-0.39, 0.29) is 18.6 Å². The molecule has 6 nitrogen and oxygen atoms in total. The van der Waals surface area contributed by atoms with Gasteiger partial charge in [0.1, 0.15) is 18.1 Å². The molecule has 0 aliphatic rings. The van der Waals surface area contributed by atoms with Gasteiger partial charge in [-0.3, -0.25) is 4.79 Å². The van der Waals surface area contributed by atoms with E-state index in [0.29, 0.717) is 26.4 Å².